The first kappa shape index (κ1) is 13.6. The molecule has 0 spiro atoms. The zero-order valence-electron chi connectivity index (χ0n) is 11.3. The fraction of sp³-hybridized carbons (Fsp3) is 0.294. The molecule has 2 rings (SSSR count). The molecule has 0 aliphatic carbocycles. The summed E-state index contributed by atoms with van der Waals surface area (Å²) in [5.74, 6) is -0.144. The molecule has 1 N–H and O–H groups in total. The summed E-state index contributed by atoms with van der Waals surface area (Å²) in [6.45, 7) is 2.66. The van der Waals surface area contributed by atoms with Crippen LogP contribution in [-0.2, 0) is 6.42 Å². The Kier molecular flexibility index (Phi) is 4.96. The Hall–Kier alpha value is -1.83. The minimum atomic E-state index is -0.144. The maximum atomic E-state index is 13.3. The van der Waals surface area contributed by atoms with Gasteiger partial charge in [0.25, 0.3) is 0 Å². The molecular formula is C17H20FN. The predicted molar refractivity (Wildman–Crippen MR) is 79.0 cm³/mol. The van der Waals surface area contributed by atoms with E-state index in [-0.39, 0.29) is 5.82 Å². The molecule has 0 saturated carbocycles. The number of hydrogen-bond acceptors (Lipinski definition) is 1. The molecule has 2 aromatic carbocycles. The van der Waals surface area contributed by atoms with Crippen molar-refractivity contribution in [2.24, 2.45) is 0 Å². The molecule has 2 aromatic rings. The van der Waals surface area contributed by atoms with Gasteiger partial charge in [-0.15, -0.1) is 0 Å². The quantitative estimate of drug-likeness (QED) is 0.747. The van der Waals surface area contributed by atoms with Gasteiger partial charge in [0.15, 0.2) is 0 Å². The Bertz CT molecular complexity index is 508. The molecule has 0 amide bonds. The van der Waals surface area contributed by atoms with Crippen LogP contribution in [0.3, 0.4) is 0 Å². The average molecular weight is 257 g/mol. The van der Waals surface area contributed by atoms with Gasteiger partial charge in [0.1, 0.15) is 5.82 Å². The van der Waals surface area contributed by atoms with E-state index in [1.807, 2.05) is 18.2 Å². The number of anilines is 1. The highest BCUT2D eigenvalue weighted by atomic mass is 19.1. The minimum absolute atomic E-state index is 0.144. The molecule has 0 saturated heterocycles. The van der Waals surface area contributed by atoms with Crippen LogP contribution in [0.5, 0.6) is 0 Å². The first-order valence-electron chi connectivity index (χ1n) is 6.79. The predicted octanol–water partition coefficient (Wildman–Crippen LogP) is 4.57. The molecule has 0 aliphatic rings. The van der Waals surface area contributed by atoms with Crippen LogP contribution < -0.4 is 5.32 Å². The summed E-state index contributed by atoms with van der Waals surface area (Å²) in [6.07, 6.45) is 3.33. The maximum Gasteiger partial charge on any atom is 0.128 e. The van der Waals surface area contributed by atoms with E-state index in [9.17, 15) is 4.39 Å². The first-order chi connectivity index (χ1) is 9.25. The van der Waals surface area contributed by atoms with Gasteiger partial charge in [-0.05, 0) is 49.4 Å². The van der Waals surface area contributed by atoms with Gasteiger partial charge in [-0.1, -0.05) is 36.4 Å². The van der Waals surface area contributed by atoms with E-state index in [4.69, 9.17) is 0 Å². The summed E-state index contributed by atoms with van der Waals surface area (Å²) in [5.41, 5.74) is 2.93. The Balaban J connectivity index is 1.68. The van der Waals surface area contributed by atoms with Crippen molar-refractivity contribution in [3.63, 3.8) is 0 Å². The summed E-state index contributed by atoms with van der Waals surface area (Å²) in [4.78, 5) is 0. The molecule has 0 aliphatic heterocycles. The molecule has 1 nitrogen and oxygen atoms in total. The van der Waals surface area contributed by atoms with Crippen LogP contribution in [0.15, 0.2) is 48.5 Å². The topological polar surface area (TPSA) is 12.0 Å². The lowest BCUT2D eigenvalue weighted by Crippen LogP contribution is -2.02. The van der Waals surface area contributed by atoms with Crippen LogP contribution >= 0.6 is 0 Å². The SMILES string of the molecule is Cc1ccc(NCCCCc2ccccc2)cc1F. The molecule has 0 unspecified atom stereocenters. The highest BCUT2D eigenvalue weighted by molar-refractivity contribution is 5.44. The van der Waals surface area contributed by atoms with Crippen LogP contribution in [0.25, 0.3) is 0 Å². The van der Waals surface area contributed by atoms with Crippen LogP contribution in [0.1, 0.15) is 24.0 Å². The Morgan fingerprint density at radius 2 is 1.79 bits per heavy atom. The fourth-order valence-electron chi connectivity index (χ4n) is 2.03. The van der Waals surface area contributed by atoms with Crippen molar-refractivity contribution in [1.29, 1.82) is 0 Å². The van der Waals surface area contributed by atoms with Gasteiger partial charge < -0.3 is 5.32 Å². The molecule has 0 bridgehead atoms. The van der Waals surface area contributed by atoms with Crippen molar-refractivity contribution in [1.82, 2.24) is 0 Å². The zero-order valence-corrected chi connectivity index (χ0v) is 11.3. The molecule has 100 valence electrons. The van der Waals surface area contributed by atoms with Crippen molar-refractivity contribution in [3.05, 3.63) is 65.5 Å². The van der Waals surface area contributed by atoms with Crippen LogP contribution in [0, 0.1) is 12.7 Å². The van der Waals surface area contributed by atoms with Crippen molar-refractivity contribution in [2.45, 2.75) is 26.2 Å². The van der Waals surface area contributed by atoms with Crippen molar-refractivity contribution in [2.75, 3.05) is 11.9 Å². The number of benzene rings is 2. The van der Waals surface area contributed by atoms with Gasteiger partial charge in [0.2, 0.25) is 0 Å². The molecule has 0 radical (unpaired) electrons. The van der Waals surface area contributed by atoms with Crippen LogP contribution in [-0.4, -0.2) is 6.54 Å². The Morgan fingerprint density at radius 3 is 2.53 bits per heavy atom. The van der Waals surface area contributed by atoms with Gasteiger partial charge in [0, 0.05) is 12.2 Å². The highest BCUT2D eigenvalue weighted by Gasteiger charge is 1.98. The Morgan fingerprint density at radius 1 is 1.00 bits per heavy atom. The monoisotopic (exact) mass is 257 g/mol. The maximum absolute atomic E-state index is 13.3. The van der Waals surface area contributed by atoms with E-state index in [0.29, 0.717) is 5.56 Å². The van der Waals surface area contributed by atoms with Crippen molar-refractivity contribution >= 4 is 5.69 Å². The highest BCUT2D eigenvalue weighted by Crippen LogP contribution is 2.13. The molecule has 0 atom stereocenters. The van der Waals surface area contributed by atoms with Crippen LogP contribution in [0.4, 0.5) is 10.1 Å². The second-order valence-electron chi connectivity index (χ2n) is 4.83. The van der Waals surface area contributed by atoms with Gasteiger partial charge in [-0.2, -0.15) is 0 Å². The molecular weight excluding hydrogens is 237 g/mol. The zero-order chi connectivity index (χ0) is 13.5. The Labute approximate surface area is 114 Å². The van der Waals surface area contributed by atoms with E-state index in [1.54, 1.807) is 13.0 Å². The third kappa shape index (κ3) is 4.40. The number of unbranched alkanes of at least 4 members (excludes halogenated alkanes) is 1. The molecule has 2 heteroatoms. The van der Waals surface area contributed by atoms with Gasteiger partial charge in [-0.3, -0.25) is 0 Å². The summed E-state index contributed by atoms with van der Waals surface area (Å²) in [6, 6.07) is 15.8. The lowest BCUT2D eigenvalue weighted by Gasteiger charge is -2.07. The van der Waals surface area contributed by atoms with E-state index in [2.05, 4.69) is 29.6 Å². The fourth-order valence-corrected chi connectivity index (χ4v) is 2.03. The molecule has 0 aromatic heterocycles. The van der Waals surface area contributed by atoms with Crippen LogP contribution in [0.2, 0.25) is 0 Å². The normalized spacial score (nSPS) is 10.4. The lowest BCUT2D eigenvalue weighted by atomic mass is 10.1. The van der Waals surface area contributed by atoms with E-state index < -0.39 is 0 Å². The van der Waals surface area contributed by atoms with Gasteiger partial charge in [0.05, 0.1) is 0 Å². The number of nitrogens with one attached hydrogen (secondary N) is 1. The first-order valence-corrected chi connectivity index (χ1v) is 6.79. The summed E-state index contributed by atoms with van der Waals surface area (Å²) >= 11 is 0. The number of aryl methyl sites for hydroxylation is 2. The third-order valence-electron chi connectivity index (χ3n) is 3.24. The molecule has 19 heavy (non-hydrogen) atoms. The van der Waals surface area contributed by atoms with Crippen molar-refractivity contribution in [3.8, 4) is 0 Å². The second kappa shape index (κ2) is 6.93. The largest absolute Gasteiger partial charge is 0.385 e. The van der Waals surface area contributed by atoms with E-state index in [1.165, 1.54) is 5.56 Å². The summed E-state index contributed by atoms with van der Waals surface area (Å²) in [5, 5.41) is 3.26. The van der Waals surface area contributed by atoms with Gasteiger partial charge in [-0.25, -0.2) is 4.39 Å². The molecule has 0 heterocycles. The second-order valence-corrected chi connectivity index (χ2v) is 4.83. The summed E-state index contributed by atoms with van der Waals surface area (Å²) in [7, 11) is 0. The number of rotatable bonds is 6. The molecule has 0 fully saturated rings. The number of halogens is 1. The average Bonchev–Trinajstić information content (AvgIpc) is 2.43. The smallest absolute Gasteiger partial charge is 0.128 e. The minimum Gasteiger partial charge on any atom is -0.385 e. The van der Waals surface area contributed by atoms with E-state index in [0.717, 1.165) is 31.5 Å². The lowest BCUT2D eigenvalue weighted by molar-refractivity contribution is 0.619. The van der Waals surface area contributed by atoms with Gasteiger partial charge >= 0.3 is 0 Å². The number of hydrogen-bond donors (Lipinski definition) is 1. The standard InChI is InChI=1S/C17H20FN/c1-14-10-11-16(13-17(14)18)19-12-6-5-9-15-7-3-2-4-8-15/h2-4,7-8,10-11,13,19H,5-6,9,12H2,1H3. The van der Waals surface area contributed by atoms with E-state index >= 15 is 0 Å². The third-order valence-corrected chi connectivity index (χ3v) is 3.24. The summed E-state index contributed by atoms with van der Waals surface area (Å²) < 4.78 is 13.3. The van der Waals surface area contributed by atoms with Crippen molar-refractivity contribution < 1.29 is 4.39 Å².